The first kappa shape index (κ1) is 22.1. The largest absolute Gasteiger partial charge is 0.361 e. The molecule has 0 aliphatic rings. The average Bonchev–Trinajstić information content (AvgIpc) is 3.17. The lowest BCUT2D eigenvalue weighted by molar-refractivity contribution is 0.0590. The summed E-state index contributed by atoms with van der Waals surface area (Å²) in [7, 11) is 1.99. The summed E-state index contributed by atoms with van der Waals surface area (Å²) in [4.78, 5) is 4.58. The number of hydrogen-bond acceptors (Lipinski definition) is 2. The molecule has 154 valence electrons. The summed E-state index contributed by atoms with van der Waals surface area (Å²) in [5, 5.41) is 0.735. The molecule has 4 aromatic rings. The van der Waals surface area contributed by atoms with Crippen molar-refractivity contribution in [2.75, 3.05) is 0 Å². The zero-order valence-corrected chi connectivity index (χ0v) is 18.5. The number of halogens is 2. The summed E-state index contributed by atoms with van der Waals surface area (Å²) < 4.78 is 8.43. The van der Waals surface area contributed by atoms with Crippen LogP contribution in [0.25, 0.3) is 11.1 Å². The highest BCUT2D eigenvalue weighted by molar-refractivity contribution is 6.33. The van der Waals surface area contributed by atoms with E-state index in [-0.39, 0.29) is 18.5 Å². The van der Waals surface area contributed by atoms with E-state index in [9.17, 15) is 0 Å². The summed E-state index contributed by atoms with van der Waals surface area (Å²) in [6.07, 6.45) is 3.45. The van der Waals surface area contributed by atoms with E-state index in [1.807, 2.05) is 60.3 Å². The fourth-order valence-electron chi connectivity index (χ4n) is 3.62. The Balaban J connectivity index is 0.00000256. The molecule has 0 aliphatic heterocycles. The predicted molar refractivity (Wildman–Crippen MR) is 125 cm³/mol. The van der Waals surface area contributed by atoms with E-state index in [0.29, 0.717) is 6.61 Å². The molecule has 1 atom stereocenters. The van der Waals surface area contributed by atoms with Crippen LogP contribution >= 0.6 is 24.0 Å². The van der Waals surface area contributed by atoms with E-state index in [1.165, 1.54) is 0 Å². The number of aryl methyl sites for hydroxylation is 1. The quantitative estimate of drug-likeness (QED) is 0.331. The molecule has 0 bridgehead atoms. The molecule has 1 heterocycles. The molecule has 3 nitrogen and oxygen atoms in total. The van der Waals surface area contributed by atoms with E-state index < -0.39 is 0 Å². The smallest absolute Gasteiger partial charge is 0.142 e. The summed E-state index contributed by atoms with van der Waals surface area (Å²) in [6.45, 7) is 2.60. The molecule has 0 aliphatic carbocycles. The van der Waals surface area contributed by atoms with Gasteiger partial charge in [0.25, 0.3) is 0 Å². The van der Waals surface area contributed by atoms with Gasteiger partial charge in [-0.2, -0.15) is 0 Å². The van der Waals surface area contributed by atoms with Crippen LogP contribution in [0, 0.1) is 6.92 Å². The van der Waals surface area contributed by atoms with Gasteiger partial charge in [0, 0.05) is 30.0 Å². The molecule has 0 spiro atoms. The maximum atomic E-state index is 6.61. The van der Waals surface area contributed by atoms with Gasteiger partial charge in [-0.3, -0.25) is 0 Å². The van der Waals surface area contributed by atoms with Crippen LogP contribution in [0.2, 0.25) is 5.02 Å². The Labute approximate surface area is 188 Å². The predicted octanol–water partition coefficient (Wildman–Crippen LogP) is 6.78. The fourth-order valence-corrected chi connectivity index (χ4v) is 3.94. The number of hydrogen-bond donors (Lipinski definition) is 0. The van der Waals surface area contributed by atoms with Crippen molar-refractivity contribution in [3.8, 4) is 11.1 Å². The monoisotopic (exact) mass is 438 g/mol. The topological polar surface area (TPSA) is 27.1 Å². The van der Waals surface area contributed by atoms with Gasteiger partial charge in [-0.1, -0.05) is 78.3 Å². The van der Waals surface area contributed by atoms with Crippen molar-refractivity contribution in [2.45, 2.75) is 19.6 Å². The second-order valence-electron chi connectivity index (χ2n) is 7.08. The maximum absolute atomic E-state index is 6.61. The summed E-state index contributed by atoms with van der Waals surface area (Å²) in [5.74, 6) is 0.866. The number of nitrogens with zero attached hydrogens (tertiary/aromatic N) is 2. The molecule has 3 aromatic carbocycles. The Morgan fingerprint density at radius 1 is 0.967 bits per heavy atom. The highest BCUT2D eigenvalue weighted by Gasteiger charge is 2.23. The zero-order chi connectivity index (χ0) is 20.2. The summed E-state index contributed by atoms with van der Waals surface area (Å²) in [5.41, 5.74) is 5.43. The second kappa shape index (κ2) is 9.94. The molecule has 0 saturated carbocycles. The standard InChI is InChI=1S/C25H23ClN2O.ClH/c1-18-21(13-14-22(26)23(18)20-11-7-4-8-12-20)24(25-27-15-16-28(25)2)29-17-19-9-5-3-6-10-19;/h3-16,24H,17H2,1-2H3;1H. The van der Waals surface area contributed by atoms with E-state index >= 15 is 0 Å². The fraction of sp³-hybridized carbons (Fsp3) is 0.160. The molecule has 0 amide bonds. The van der Waals surface area contributed by atoms with Gasteiger partial charge < -0.3 is 9.30 Å². The lowest BCUT2D eigenvalue weighted by atomic mass is 9.93. The van der Waals surface area contributed by atoms with Crippen LogP contribution in [-0.2, 0) is 18.4 Å². The van der Waals surface area contributed by atoms with Gasteiger partial charge in [-0.25, -0.2) is 4.98 Å². The zero-order valence-electron chi connectivity index (χ0n) is 17.0. The third-order valence-electron chi connectivity index (χ3n) is 5.15. The van der Waals surface area contributed by atoms with E-state index in [1.54, 1.807) is 6.20 Å². The van der Waals surface area contributed by atoms with Gasteiger partial charge >= 0.3 is 0 Å². The number of benzene rings is 3. The molecule has 0 N–H and O–H groups in total. The van der Waals surface area contributed by atoms with E-state index in [0.717, 1.165) is 38.7 Å². The van der Waals surface area contributed by atoms with E-state index in [4.69, 9.17) is 16.3 Å². The van der Waals surface area contributed by atoms with Gasteiger partial charge in [0.1, 0.15) is 11.9 Å². The van der Waals surface area contributed by atoms with Crippen molar-refractivity contribution in [2.24, 2.45) is 7.05 Å². The number of aromatic nitrogens is 2. The Kier molecular flexibility index (Phi) is 7.33. The molecule has 30 heavy (non-hydrogen) atoms. The first-order chi connectivity index (χ1) is 14.1. The minimum Gasteiger partial charge on any atom is -0.361 e. The van der Waals surface area contributed by atoms with Crippen LogP contribution in [0.3, 0.4) is 0 Å². The van der Waals surface area contributed by atoms with Crippen LogP contribution in [0.4, 0.5) is 0 Å². The minimum atomic E-state index is -0.296. The van der Waals surface area contributed by atoms with Gasteiger partial charge in [-0.15, -0.1) is 12.4 Å². The van der Waals surface area contributed by atoms with Crippen molar-refractivity contribution in [3.63, 3.8) is 0 Å². The van der Waals surface area contributed by atoms with Gasteiger partial charge in [-0.05, 0) is 35.2 Å². The van der Waals surface area contributed by atoms with E-state index in [2.05, 4.69) is 42.2 Å². The van der Waals surface area contributed by atoms with Crippen molar-refractivity contribution >= 4 is 24.0 Å². The number of ether oxygens (including phenoxy) is 1. The van der Waals surface area contributed by atoms with Crippen LogP contribution < -0.4 is 0 Å². The molecular formula is C25H24Cl2N2O. The van der Waals surface area contributed by atoms with Gasteiger partial charge in [0.2, 0.25) is 0 Å². The van der Waals surface area contributed by atoms with Crippen molar-refractivity contribution in [1.29, 1.82) is 0 Å². The van der Waals surface area contributed by atoms with Crippen LogP contribution in [0.15, 0.2) is 85.2 Å². The minimum absolute atomic E-state index is 0. The third-order valence-corrected chi connectivity index (χ3v) is 5.47. The Morgan fingerprint density at radius 3 is 2.27 bits per heavy atom. The van der Waals surface area contributed by atoms with Gasteiger partial charge in [0.15, 0.2) is 0 Å². The first-order valence-electron chi connectivity index (χ1n) is 9.62. The molecule has 0 radical (unpaired) electrons. The number of imidazole rings is 1. The third kappa shape index (κ3) is 4.59. The van der Waals surface area contributed by atoms with Gasteiger partial charge in [0.05, 0.1) is 6.61 Å². The highest BCUT2D eigenvalue weighted by Crippen LogP contribution is 2.38. The maximum Gasteiger partial charge on any atom is 0.142 e. The van der Waals surface area contributed by atoms with Crippen LogP contribution in [0.5, 0.6) is 0 Å². The van der Waals surface area contributed by atoms with Crippen molar-refractivity contribution in [3.05, 3.63) is 113 Å². The molecule has 0 fully saturated rings. The lowest BCUT2D eigenvalue weighted by Crippen LogP contribution is -2.13. The molecule has 0 saturated heterocycles. The van der Waals surface area contributed by atoms with Crippen LogP contribution in [-0.4, -0.2) is 9.55 Å². The molecular weight excluding hydrogens is 415 g/mol. The second-order valence-corrected chi connectivity index (χ2v) is 7.48. The molecule has 1 unspecified atom stereocenters. The number of rotatable bonds is 6. The average molecular weight is 439 g/mol. The molecule has 1 aromatic heterocycles. The highest BCUT2D eigenvalue weighted by atomic mass is 35.5. The SMILES string of the molecule is Cc1c(C(OCc2ccccc2)c2nccn2C)ccc(Cl)c1-c1ccccc1.Cl. The first-order valence-corrected chi connectivity index (χ1v) is 10.00. The normalized spacial score (nSPS) is 11.7. The summed E-state index contributed by atoms with van der Waals surface area (Å²) >= 11 is 6.61. The van der Waals surface area contributed by atoms with Crippen molar-refractivity contribution in [1.82, 2.24) is 9.55 Å². The Morgan fingerprint density at radius 2 is 1.63 bits per heavy atom. The Hall–Kier alpha value is -2.59. The Bertz CT molecular complexity index is 1090. The molecule has 5 heteroatoms. The van der Waals surface area contributed by atoms with Crippen molar-refractivity contribution < 1.29 is 4.74 Å². The summed E-state index contributed by atoms with van der Waals surface area (Å²) in [6, 6.07) is 24.4. The molecule has 4 rings (SSSR count). The lowest BCUT2D eigenvalue weighted by Gasteiger charge is -2.22. The van der Waals surface area contributed by atoms with Crippen LogP contribution in [0.1, 0.15) is 28.6 Å².